The summed E-state index contributed by atoms with van der Waals surface area (Å²) in [5, 5.41) is 19.3. The molecule has 0 aromatic heterocycles. The zero-order chi connectivity index (χ0) is 15.6. The fourth-order valence-corrected chi connectivity index (χ4v) is 3.74. The van der Waals surface area contributed by atoms with Crippen molar-refractivity contribution in [3.05, 3.63) is 28.3 Å². The van der Waals surface area contributed by atoms with E-state index in [1.54, 1.807) is 0 Å². The van der Waals surface area contributed by atoms with Crippen molar-refractivity contribution in [1.29, 1.82) is 5.26 Å². The Labute approximate surface area is 122 Å². The van der Waals surface area contributed by atoms with Crippen LogP contribution in [0.3, 0.4) is 0 Å². The van der Waals surface area contributed by atoms with Crippen LogP contribution >= 0.6 is 0 Å². The molecule has 0 spiro atoms. The Morgan fingerprint density at radius 2 is 2.14 bits per heavy atom. The predicted molar refractivity (Wildman–Crippen MR) is 74.7 cm³/mol. The predicted octanol–water partition coefficient (Wildman–Crippen LogP) is 1.24. The molecular weight excluding hydrogens is 296 g/mol. The first-order valence-corrected chi connectivity index (χ1v) is 7.74. The van der Waals surface area contributed by atoms with Gasteiger partial charge in [0.15, 0.2) is 0 Å². The largest absolute Gasteiger partial charge is 0.393 e. The second-order valence-corrected chi connectivity index (χ2v) is 6.62. The fraction of sp³-hybridized carbons (Fsp3) is 0.417. The molecule has 0 amide bonds. The van der Waals surface area contributed by atoms with Gasteiger partial charge in [-0.2, -0.15) is 9.57 Å². The van der Waals surface area contributed by atoms with Crippen molar-refractivity contribution in [3.8, 4) is 6.07 Å². The van der Waals surface area contributed by atoms with Gasteiger partial charge in [-0.3, -0.25) is 10.1 Å². The lowest BCUT2D eigenvalue weighted by atomic mass is 10.3. The normalized spacial score (nSPS) is 14.9. The summed E-state index contributed by atoms with van der Waals surface area (Å²) in [6, 6.07) is 5.17. The summed E-state index contributed by atoms with van der Waals surface area (Å²) in [7, 11) is -3.80. The van der Waals surface area contributed by atoms with Gasteiger partial charge in [-0.15, -0.1) is 0 Å². The van der Waals surface area contributed by atoms with Gasteiger partial charge in [0.2, 0.25) is 10.0 Å². The number of benzene rings is 1. The van der Waals surface area contributed by atoms with Crippen LogP contribution in [0.2, 0.25) is 0 Å². The Kier molecular flexibility index (Phi) is 4.11. The minimum absolute atomic E-state index is 0.0876. The number of nitriles is 1. The lowest BCUT2D eigenvalue weighted by Crippen LogP contribution is -2.34. The second-order valence-electron chi connectivity index (χ2n) is 4.73. The number of nitro benzene ring substituents is 1. The summed E-state index contributed by atoms with van der Waals surface area (Å²) < 4.78 is 26.4. The molecule has 0 saturated heterocycles. The van der Waals surface area contributed by atoms with E-state index in [4.69, 9.17) is 11.0 Å². The molecule has 2 N–H and O–H groups in total. The first-order chi connectivity index (χ1) is 9.87. The summed E-state index contributed by atoms with van der Waals surface area (Å²) in [6.45, 7) is 0.112. The summed E-state index contributed by atoms with van der Waals surface area (Å²) in [5.41, 5.74) is 5.01. The summed E-state index contributed by atoms with van der Waals surface area (Å²) in [6.07, 6.45) is 1.61. The van der Waals surface area contributed by atoms with E-state index in [0.717, 1.165) is 25.0 Å². The Morgan fingerprint density at radius 3 is 2.62 bits per heavy atom. The van der Waals surface area contributed by atoms with Gasteiger partial charge in [0.25, 0.3) is 5.69 Å². The SMILES string of the molecule is N#CCCN(C1CC1)S(=O)(=O)c1ccc([N+](=O)[O-])c(N)c1. The van der Waals surface area contributed by atoms with Gasteiger partial charge in [0, 0.05) is 25.1 Å². The first kappa shape index (κ1) is 15.2. The van der Waals surface area contributed by atoms with Gasteiger partial charge in [-0.1, -0.05) is 0 Å². The van der Waals surface area contributed by atoms with Crippen molar-refractivity contribution in [2.24, 2.45) is 0 Å². The van der Waals surface area contributed by atoms with Gasteiger partial charge in [-0.05, 0) is 25.0 Å². The monoisotopic (exact) mass is 310 g/mol. The van der Waals surface area contributed by atoms with E-state index in [1.807, 2.05) is 6.07 Å². The molecule has 0 radical (unpaired) electrons. The second kappa shape index (κ2) is 5.67. The molecular formula is C12H14N4O4S. The third-order valence-corrected chi connectivity index (χ3v) is 5.15. The maximum atomic E-state index is 12.5. The number of hydrogen-bond donors (Lipinski definition) is 1. The molecule has 0 unspecified atom stereocenters. The van der Waals surface area contributed by atoms with Crippen LogP contribution in [0.25, 0.3) is 0 Å². The number of rotatable bonds is 6. The number of nitrogens with zero attached hydrogens (tertiary/aromatic N) is 3. The minimum Gasteiger partial charge on any atom is -0.393 e. The van der Waals surface area contributed by atoms with Crippen LogP contribution in [0.5, 0.6) is 0 Å². The lowest BCUT2D eigenvalue weighted by Gasteiger charge is -2.20. The Bertz CT molecular complexity index is 706. The highest BCUT2D eigenvalue weighted by atomic mass is 32.2. The van der Waals surface area contributed by atoms with Gasteiger partial charge >= 0.3 is 0 Å². The highest BCUT2D eigenvalue weighted by Crippen LogP contribution is 2.33. The van der Waals surface area contributed by atoms with Crippen LogP contribution in [0.15, 0.2) is 23.1 Å². The third kappa shape index (κ3) is 3.12. The van der Waals surface area contributed by atoms with E-state index in [-0.39, 0.29) is 35.3 Å². The van der Waals surface area contributed by atoms with Gasteiger partial charge in [-0.25, -0.2) is 8.42 Å². The molecule has 1 aromatic carbocycles. The smallest absolute Gasteiger partial charge is 0.292 e. The van der Waals surface area contributed by atoms with E-state index in [2.05, 4.69) is 0 Å². The van der Waals surface area contributed by atoms with Crippen molar-refractivity contribution in [2.75, 3.05) is 12.3 Å². The molecule has 1 aliphatic carbocycles. The Morgan fingerprint density at radius 1 is 1.48 bits per heavy atom. The molecule has 112 valence electrons. The van der Waals surface area contributed by atoms with Crippen LogP contribution in [0.1, 0.15) is 19.3 Å². The Balaban J connectivity index is 2.36. The summed E-state index contributed by atoms with van der Waals surface area (Å²) >= 11 is 0. The summed E-state index contributed by atoms with van der Waals surface area (Å²) in [4.78, 5) is 9.95. The maximum Gasteiger partial charge on any atom is 0.292 e. The van der Waals surface area contributed by atoms with Crippen LogP contribution in [0, 0.1) is 21.4 Å². The average Bonchev–Trinajstić information content (AvgIpc) is 3.23. The first-order valence-electron chi connectivity index (χ1n) is 6.30. The number of nitro groups is 1. The van der Waals surface area contributed by atoms with Crippen molar-refractivity contribution >= 4 is 21.4 Å². The molecule has 1 aliphatic rings. The molecule has 0 atom stereocenters. The minimum atomic E-state index is -3.80. The molecule has 1 aromatic rings. The lowest BCUT2D eigenvalue weighted by molar-refractivity contribution is -0.383. The van der Waals surface area contributed by atoms with Crippen molar-refractivity contribution in [3.63, 3.8) is 0 Å². The number of nitrogen functional groups attached to an aromatic ring is 1. The van der Waals surface area contributed by atoms with Gasteiger partial charge in [0.05, 0.1) is 15.9 Å². The van der Waals surface area contributed by atoms with Crippen LogP contribution in [-0.2, 0) is 10.0 Å². The van der Waals surface area contributed by atoms with Crippen molar-refractivity contribution in [1.82, 2.24) is 4.31 Å². The number of sulfonamides is 1. The molecule has 0 heterocycles. The molecule has 9 heteroatoms. The molecule has 0 aliphatic heterocycles. The van der Waals surface area contributed by atoms with Crippen LogP contribution in [0.4, 0.5) is 11.4 Å². The molecule has 1 saturated carbocycles. The van der Waals surface area contributed by atoms with Gasteiger partial charge < -0.3 is 5.73 Å². The zero-order valence-electron chi connectivity index (χ0n) is 11.1. The average molecular weight is 310 g/mol. The van der Waals surface area contributed by atoms with E-state index in [9.17, 15) is 18.5 Å². The standard InChI is InChI=1S/C12H14N4O4S/c13-6-1-7-15(9-2-3-9)21(19,20)10-4-5-12(16(17)18)11(14)8-10/h4-5,8-9H,1-3,7,14H2. The molecule has 0 bridgehead atoms. The maximum absolute atomic E-state index is 12.5. The Hall–Kier alpha value is -2.18. The third-order valence-electron chi connectivity index (χ3n) is 3.20. The van der Waals surface area contributed by atoms with E-state index < -0.39 is 14.9 Å². The molecule has 21 heavy (non-hydrogen) atoms. The fourth-order valence-electron chi connectivity index (χ4n) is 2.02. The molecule has 2 rings (SSSR count). The highest BCUT2D eigenvalue weighted by molar-refractivity contribution is 7.89. The van der Waals surface area contributed by atoms with Crippen molar-refractivity contribution < 1.29 is 13.3 Å². The highest BCUT2D eigenvalue weighted by Gasteiger charge is 2.38. The van der Waals surface area contributed by atoms with Crippen LogP contribution in [-0.4, -0.2) is 30.2 Å². The number of anilines is 1. The van der Waals surface area contributed by atoms with E-state index in [0.29, 0.717) is 0 Å². The molecule has 8 nitrogen and oxygen atoms in total. The summed E-state index contributed by atoms with van der Waals surface area (Å²) in [5.74, 6) is 0. The van der Waals surface area contributed by atoms with E-state index in [1.165, 1.54) is 10.4 Å². The number of nitrogens with two attached hydrogens (primary N) is 1. The van der Waals surface area contributed by atoms with E-state index >= 15 is 0 Å². The number of hydrogen-bond acceptors (Lipinski definition) is 6. The topological polar surface area (TPSA) is 130 Å². The molecule has 1 fully saturated rings. The van der Waals surface area contributed by atoms with Gasteiger partial charge in [0.1, 0.15) is 5.69 Å². The zero-order valence-corrected chi connectivity index (χ0v) is 11.9. The quantitative estimate of drug-likeness (QED) is 0.478. The van der Waals surface area contributed by atoms with Crippen molar-refractivity contribution in [2.45, 2.75) is 30.2 Å². The van der Waals surface area contributed by atoms with Crippen LogP contribution < -0.4 is 5.73 Å².